The van der Waals surface area contributed by atoms with E-state index in [1.807, 2.05) is 0 Å². The maximum absolute atomic E-state index is 10.8. The van der Waals surface area contributed by atoms with Gasteiger partial charge in [0.1, 0.15) is 24.6 Å². The van der Waals surface area contributed by atoms with E-state index in [1.165, 1.54) is 0 Å². The fraction of sp³-hybridized carbons (Fsp3) is 0.625. The van der Waals surface area contributed by atoms with Gasteiger partial charge in [-0.05, 0) is 0 Å². The van der Waals surface area contributed by atoms with E-state index in [0.29, 0.717) is 0 Å². The molecule has 0 radical (unpaired) electrons. The summed E-state index contributed by atoms with van der Waals surface area (Å²) in [5.74, 6) is -1.03. The molecule has 4 atom stereocenters. The van der Waals surface area contributed by atoms with E-state index < -0.39 is 37.1 Å². The van der Waals surface area contributed by atoms with Crippen molar-refractivity contribution in [1.29, 1.82) is 0 Å². The minimum atomic E-state index is -1.27. The first kappa shape index (κ1) is 11.9. The van der Waals surface area contributed by atoms with Crippen LogP contribution in [0.5, 0.6) is 0 Å². The molecular formula is C8H12N4O5. The number of amides is 1. The molecule has 0 aliphatic carbocycles. The Bertz CT molecular complexity index is 422. The maximum atomic E-state index is 10.8. The average molecular weight is 244 g/mol. The van der Waals surface area contributed by atoms with Gasteiger partial charge in [0.05, 0.1) is 6.61 Å². The number of aliphatic hydroxyl groups excluding tert-OH is 3. The van der Waals surface area contributed by atoms with Crippen LogP contribution in [0.25, 0.3) is 0 Å². The molecule has 0 saturated carbocycles. The van der Waals surface area contributed by atoms with E-state index in [2.05, 4.69) is 10.1 Å². The molecule has 1 saturated heterocycles. The minimum Gasteiger partial charge on any atom is -0.394 e. The van der Waals surface area contributed by atoms with Crippen LogP contribution < -0.4 is 5.73 Å². The summed E-state index contributed by atoms with van der Waals surface area (Å²) in [6, 6.07) is 0. The molecule has 1 aromatic rings. The molecule has 2 heterocycles. The molecule has 17 heavy (non-hydrogen) atoms. The Morgan fingerprint density at radius 3 is 2.71 bits per heavy atom. The normalized spacial score (nSPS) is 32.9. The summed E-state index contributed by atoms with van der Waals surface area (Å²) in [6.45, 7) is -0.438. The molecule has 2 rings (SSSR count). The van der Waals surface area contributed by atoms with Crippen LogP contribution in [0.4, 0.5) is 0 Å². The van der Waals surface area contributed by atoms with E-state index in [-0.39, 0.29) is 5.82 Å². The standard InChI is InChI=1S/C8H12N4O5/c9-6(16)7-10-2-12(11-7)8-5(15)4(14)3(1-13)17-8/h2-5,8,13-15H,1H2,(H2,9,16)/t3?,4-,5-,8?/m0/s1. The Morgan fingerprint density at radius 1 is 1.53 bits per heavy atom. The van der Waals surface area contributed by atoms with Crippen molar-refractivity contribution in [1.82, 2.24) is 14.8 Å². The lowest BCUT2D eigenvalue weighted by atomic mass is 10.1. The number of primary amides is 1. The topological polar surface area (TPSA) is 144 Å². The highest BCUT2D eigenvalue weighted by atomic mass is 16.6. The molecule has 1 fully saturated rings. The summed E-state index contributed by atoms with van der Waals surface area (Å²) in [7, 11) is 0. The molecule has 0 aromatic carbocycles. The Balaban J connectivity index is 2.19. The molecule has 1 aliphatic rings. The van der Waals surface area contributed by atoms with Crippen molar-refractivity contribution in [2.24, 2.45) is 5.73 Å². The van der Waals surface area contributed by atoms with Crippen molar-refractivity contribution in [3.63, 3.8) is 0 Å². The molecule has 1 aliphatic heterocycles. The van der Waals surface area contributed by atoms with Crippen LogP contribution in [0.15, 0.2) is 6.33 Å². The van der Waals surface area contributed by atoms with Crippen LogP contribution in [-0.2, 0) is 4.74 Å². The van der Waals surface area contributed by atoms with Gasteiger partial charge in [0.15, 0.2) is 6.23 Å². The second-order valence-corrected chi connectivity index (χ2v) is 3.64. The van der Waals surface area contributed by atoms with Gasteiger partial charge >= 0.3 is 0 Å². The van der Waals surface area contributed by atoms with Crippen LogP contribution in [0, 0.1) is 0 Å². The fourth-order valence-electron chi connectivity index (χ4n) is 1.61. The zero-order chi connectivity index (χ0) is 12.6. The number of carbonyl (C=O) groups excluding carboxylic acids is 1. The van der Waals surface area contributed by atoms with Gasteiger partial charge in [-0.15, -0.1) is 5.10 Å². The number of aromatic nitrogens is 3. The predicted octanol–water partition coefficient (Wildman–Crippen LogP) is -3.01. The lowest BCUT2D eigenvalue weighted by Gasteiger charge is -2.13. The van der Waals surface area contributed by atoms with Crippen LogP contribution >= 0.6 is 0 Å². The van der Waals surface area contributed by atoms with Gasteiger partial charge in [-0.2, -0.15) is 0 Å². The number of nitrogens with two attached hydrogens (primary N) is 1. The smallest absolute Gasteiger partial charge is 0.288 e. The van der Waals surface area contributed by atoms with Gasteiger partial charge in [-0.25, -0.2) is 9.67 Å². The molecule has 0 bridgehead atoms. The fourth-order valence-corrected chi connectivity index (χ4v) is 1.61. The summed E-state index contributed by atoms with van der Waals surface area (Å²) in [6.07, 6.45) is -3.26. The summed E-state index contributed by atoms with van der Waals surface area (Å²) in [5, 5.41) is 31.8. The first-order valence-electron chi connectivity index (χ1n) is 4.88. The number of ether oxygens (including phenoxy) is 1. The summed E-state index contributed by atoms with van der Waals surface area (Å²) in [5.41, 5.74) is 4.97. The van der Waals surface area contributed by atoms with E-state index >= 15 is 0 Å². The van der Waals surface area contributed by atoms with Gasteiger partial charge < -0.3 is 25.8 Å². The largest absolute Gasteiger partial charge is 0.394 e. The van der Waals surface area contributed by atoms with E-state index in [4.69, 9.17) is 15.6 Å². The first-order chi connectivity index (χ1) is 8.04. The van der Waals surface area contributed by atoms with Crippen molar-refractivity contribution in [3.05, 3.63) is 12.2 Å². The highest BCUT2D eigenvalue weighted by Crippen LogP contribution is 2.28. The lowest BCUT2D eigenvalue weighted by Crippen LogP contribution is -2.33. The Kier molecular flexibility index (Phi) is 3.07. The van der Waals surface area contributed by atoms with Crippen molar-refractivity contribution < 1.29 is 24.9 Å². The van der Waals surface area contributed by atoms with E-state index in [1.54, 1.807) is 0 Å². The van der Waals surface area contributed by atoms with Crippen LogP contribution in [-0.4, -0.2) is 60.9 Å². The van der Waals surface area contributed by atoms with Crippen molar-refractivity contribution in [2.75, 3.05) is 6.61 Å². The Labute approximate surface area is 95.4 Å². The SMILES string of the molecule is NC(=O)c1ncn(C2OC(CO)[C@H](O)[C@@H]2O)n1. The third kappa shape index (κ3) is 2.00. The molecule has 0 spiro atoms. The Hall–Kier alpha value is -1.55. The van der Waals surface area contributed by atoms with Gasteiger partial charge in [0.2, 0.25) is 5.82 Å². The molecule has 2 unspecified atom stereocenters. The van der Waals surface area contributed by atoms with Gasteiger partial charge in [-0.3, -0.25) is 4.79 Å². The number of rotatable bonds is 3. The number of aliphatic hydroxyl groups is 3. The molecule has 94 valence electrons. The van der Waals surface area contributed by atoms with E-state index in [9.17, 15) is 15.0 Å². The third-order valence-corrected chi connectivity index (χ3v) is 2.51. The van der Waals surface area contributed by atoms with Crippen LogP contribution in [0.1, 0.15) is 16.8 Å². The lowest BCUT2D eigenvalue weighted by molar-refractivity contribution is -0.0588. The van der Waals surface area contributed by atoms with Gasteiger partial charge in [0.25, 0.3) is 5.91 Å². The quantitative estimate of drug-likeness (QED) is 0.443. The molecular weight excluding hydrogens is 232 g/mol. The number of carbonyl (C=O) groups is 1. The second kappa shape index (κ2) is 4.37. The highest BCUT2D eigenvalue weighted by Gasteiger charge is 2.43. The van der Waals surface area contributed by atoms with Gasteiger partial charge in [0, 0.05) is 0 Å². The molecule has 1 aromatic heterocycles. The molecule has 1 amide bonds. The monoisotopic (exact) mass is 244 g/mol. The molecule has 9 heteroatoms. The molecule has 9 nitrogen and oxygen atoms in total. The van der Waals surface area contributed by atoms with Crippen LogP contribution in [0.3, 0.4) is 0 Å². The zero-order valence-electron chi connectivity index (χ0n) is 8.67. The number of hydrogen-bond donors (Lipinski definition) is 4. The van der Waals surface area contributed by atoms with Crippen LogP contribution in [0.2, 0.25) is 0 Å². The van der Waals surface area contributed by atoms with Crippen molar-refractivity contribution >= 4 is 5.91 Å². The minimum absolute atomic E-state index is 0.220. The van der Waals surface area contributed by atoms with E-state index in [0.717, 1.165) is 11.0 Å². The Morgan fingerprint density at radius 2 is 2.24 bits per heavy atom. The number of nitrogens with zero attached hydrogens (tertiary/aromatic N) is 3. The highest BCUT2D eigenvalue weighted by molar-refractivity contribution is 5.88. The van der Waals surface area contributed by atoms with Crippen molar-refractivity contribution in [3.8, 4) is 0 Å². The third-order valence-electron chi connectivity index (χ3n) is 2.51. The first-order valence-corrected chi connectivity index (χ1v) is 4.88. The number of hydrogen-bond acceptors (Lipinski definition) is 7. The maximum Gasteiger partial charge on any atom is 0.288 e. The zero-order valence-corrected chi connectivity index (χ0v) is 8.67. The summed E-state index contributed by atoms with van der Waals surface area (Å²) >= 11 is 0. The average Bonchev–Trinajstić information content (AvgIpc) is 2.87. The summed E-state index contributed by atoms with van der Waals surface area (Å²) in [4.78, 5) is 14.4. The second-order valence-electron chi connectivity index (χ2n) is 3.64. The predicted molar refractivity (Wildman–Crippen MR) is 51.5 cm³/mol. The van der Waals surface area contributed by atoms with Gasteiger partial charge in [-0.1, -0.05) is 0 Å². The molecule has 5 N–H and O–H groups in total. The van der Waals surface area contributed by atoms with Crippen molar-refractivity contribution in [2.45, 2.75) is 24.5 Å². The summed E-state index contributed by atoms with van der Waals surface area (Å²) < 4.78 is 6.25.